The molecule has 1 saturated heterocycles. The molecular formula is C16H29ClN4O2. The first-order chi connectivity index (χ1) is 10.8. The van der Waals surface area contributed by atoms with Gasteiger partial charge in [-0.2, -0.15) is 4.98 Å². The summed E-state index contributed by atoms with van der Waals surface area (Å²) >= 11 is 0. The molecule has 0 spiro atoms. The number of nitrogens with zero attached hydrogens (tertiary/aromatic N) is 2. The van der Waals surface area contributed by atoms with Gasteiger partial charge in [-0.3, -0.25) is 4.79 Å². The summed E-state index contributed by atoms with van der Waals surface area (Å²) in [6.07, 6.45) is 7.42. The van der Waals surface area contributed by atoms with Crippen LogP contribution in [0.3, 0.4) is 0 Å². The number of carbonyl (C=O) groups excluding carboxylic acids is 1. The Morgan fingerprint density at radius 3 is 3.04 bits per heavy atom. The van der Waals surface area contributed by atoms with E-state index in [1.54, 1.807) is 0 Å². The van der Waals surface area contributed by atoms with Crippen LogP contribution in [0.25, 0.3) is 0 Å². The first-order valence-electron chi connectivity index (χ1n) is 8.56. The summed E-state index contributed by atoms with van der Waals surface area (Å²) in [5.41, 5.74) is 0. The van der Waals surface area contributed by atoms with Crippen LogP contribution >= 0.6 is 12.4 Å². The zero-order chi connectivity index (χ0) is 15.6. The molecule has 2 rings (SSSR count). The van der Waals surface area contributed by atoms with Crippen LogP contribution in [0.5, 0.6) is 0 Å². The molecule has 6 nitrogen and oxygen atoms in total. The van der Waals surface area contributed by atoms with E-state index in [4.69, 9.17) is 4.52 Å². The van der Waals surface area contributed by atoms with E-state index < -0.39 is 0 Å². The lowest BCUT2D eigenvalue weighted by molar-refractivity contribution is -0.121. The van der Waals surface area contributed by atoms with Gasteiger partial charge in [0.05, 0.1) is 0 Å². The van der Waals surface area contributed by atoms with Crippen molar-refractivity contribution in [2.75, 3.05) is 19.6 Å². The van der Waals surface area contributed by atoms with Gasteiger partial charge < -0.3 is 15.2 Å². The minimum atomic E-state index is 0. The number of rotatable bonds is 9. The normalized spacial score (nSPS) is 17.5. The second-order valence-corrected chi connectivity index (χ2v) is 6.06. The van der Waals surface area contributed by atoms with Crippen molar-refractivity contribution in [3.8, 4) is 0 Å². The molecule has 1 aromatic rings. The highest BCUT2D eigenvalue weighted by molar-refractivity contribution is 5.85. The monoisotopic (exact) mass is 344 g/mol. The summed E-state index contributed by atoms with van der Waals surface area (Å²) in [6.45, 7) is 5.10. The fraction of sp³-hybridized carbons (Fsp3) is 0.812. The molecule has 0 bridgehead atoms. The van der Waals surface area contributed by atoms with Crippen molar-refractivity contribution in [3.63, 3.8) is 0 Å². The standard InChI is InChI=1S/C16H28N4O2.ClH/c1-2-5-14-19-16(22-20-14)8-3-7-15(21)18-11-9-13-6-4-10-17-12-13;/h13,17H,2-12H2,1H3,(H,18,21);1H. The van der Waals surface area contributed by atoms with Crippen molar-refractivity contribution in [1.82, 2.24) is 20.8 Å². The lowest BCUT2D eigenvalue weighted by Gasteiger charge is -2.22. The Bertz CT molecular complexity index is 447. The molecule has 1 unspecified atom stereocenters. The Hall–Kier alpha value is -1.14. The topological polar surface area (TPSA) is 80.0 Å². The van der Waals surface area contributed by atoms with Gasteiger partial charge in [-0.1, -0.05) is 12.1 Å². The number of aromatic nitrogens is 2. The van der Waals surface area contributed by atoms with E-state index in [-0.39, 0.29) is 18.3 Å². The summed E-state index contributed by atoms with van der Waals surface area (Å²) in [6, 6.07) is 0. The number of hydrogen-bond donors (Lipinski definition) is 2. The average Bonchev–Trinajstić information content (AvgIpc) is 2.96. The number of aryl methyl sites for hydroxylation is 2. The van der Waals surface area contributed by atoms with E-state index in [9.17, 15) is 4.79 Å². The molecule has 1 aliphatic heterocycles. The molecule has 7 heteroatoms. The first kappa shape index (κ1) is 19.9. The summed E-state index contributed by atoms with van der Waals surface area (Å²) in [5, 5.41) is 10.3. The second-order valence-electron chi connectivity index (χ2n) is 6.06. The Morgan fingerprint density at radius 2 is 2.30 bits per heavy atom. The van der Waals surface area contributed by atoms with E-state index in [1.807, 2.05) is 0 Å². The zero-order valence-corrected chi connectivity index (χ0v) is 14.8. The van der Waals surface area contributed by atoms with Gasteiger partial charge in [0.25, 0.3) is 0 Å². The minimum Gasteiger partial charge on any atom is -0.356 e. The zero-order valence-electron chi connectivity index (χ0n) is 14.0. The molecule has 0 aromatic carbocycles. The predicted molar refractivity (Wildman–Crippen MR) is 91.7 cm³/mol. The van der Waals surface area contributed by atoms with Gasteiger partial charge in [-0.25, -0.2) is 0 Å². The molecule has 1 aromatic heterocycles. The van der Waals surface area contributed by atoms with Crippen LogP contribution in [0.1, 0.15) is 57.2 Å². The summed E-state index contributed by atoms with van der Waals surface area (Å²) in [5.74, 6) is 2.24. The van der Waals surface area contributed by atoms with Crippen LogP contribution in [0, 0.1) is 5.92 Å². The fourth-order valence-electron chi connectivity index (χ4n) is 2.79. The van der Waals surface area contributed by atoms with Crippen LogP contribution in [0.2, 0.25) is 0 Å². The molecule has 0 radical (unpaired) electrons. The van der Waals surface area contributed by atoms with E-state index in [1.165, 1.54) is 12.8 Å². The average molecular weight is 345 g/mol. The van der Waals surface area contributed by atoms with Crippen LogP contribution in [0.15, 0.2) is 4.52 Å². The van der Waals surface area contributed by atoms with Crippen LogP contribution < -0.4 is 10.6 Å². The maximum Gasteiger partial charge on any atom is 0.226 e. The molecule has 1 atom stereocenters. The van der Waals surface area contributed by atoms with E-state index in [2.05, 4.69) is 27.7 Å². The molecule has 2 heterocycles. The molecule has 1 aliphatic rings. The van der Waals surface area contributed by atoms with Gasteiger partial charge in [0.2, 0.25) is 11.8 Å². The minimum absolute atomic E-state index is 0. The third-order valence-electron chi connectivity index (χ3n) is 4.05. The van der Waals surface area contributed by atoms with Crippen molar-refractivity contribution >= 4 is 18.3 Å². The van der Waals surface area contributed by atoms with E-state index >= 15 is 0 Å². The molecule has 0 aliphatic carbocycles. The summed E-state index contributed by atoms with van der Waals surface area (Å²) < 4.78 is 5.16. The van der Waals surface area contributed by atoms with Crippen molar-refractivity contribution in [3.05, 3.63) is 11.7 Å². The van der Waals surface area contributed by atoms with Gasteiger partial charge in [0.15, 0.2) is 5.82 Å². The number of halogens is 1. The van der Waals surface area contributed by atoms with E-state index in [0.717, 1.165) is 51.1 Å². The highest BCUT2D eigenvalue weighted by Crippen LogP contribution is 2.13. The van der Waals surface area contributed by atoms with Crippen molar-refractivity contribution in [1.29, 1.82) is 0 Å². The lowest BCUT2D eigenvalue weighted by Crippen LogP contribution is -2.33. The van der Waals surface area contributed by atoms with Crippen molar-refractivity contribution < 1.29 is 9.32 Å². The van der Waals surface area contributed by atoms with Gasteiger partial charge >= 0.3 is 0 Å². The summed E-state index contributed by atoms with van der Waals surface area (Å²) in [4.78, 5) is 16.1. The highest BCUT2D eigenvalue weighted by Gasteiger charge is 2.13. The van der Waals surface area contributed by atoms with Crippen LogP contribution in [-0.4, -0.2) is 35.7 Å². The Labute approximate surface area is 144 Å². The molecule has 2 N–H and O–H groups in total. The molecule has 23 heavy (non-hydrogen) atoms. The van der Waals surface area contributed by atoms with Crippen LogP contribution in [0.4, 0.5) is 0 Å². The van der Waals surface area contributed by atoms with Crippen molar-refractivity contribution in [2.45, 2.75) is 58.3 Å². The molecule has 132 valence electrons. The fourth-order valence-corrected chi connectivity index (χ4v) is 2.79. The van der Waals surface area contributed by atoms with E-state index in [0.29, 0.717) is 24.7 Å². The number of nitrogens with one attached hydrogen (secondary N) is 2. The van der Waals surface area contributed by atoms with Gasteiger partial charge in [0.1, 0.15) is 0 Å². The third kappa shape index (κ3) is 7.79. The number of amides is 1. The van der Waals surface area contributed by atoms with Gasteiger partial charge in [-0.15, -0.1) is 12.4 Å². The maximum absolute atomic E-state index is 11.8. The second kappa shape index (κ2) is 11.4. The first-order valence-corrected chi connectivity index (χ1v) is 8.56. The Balaban J connectivity index is 0.00000264. The third-order valence-corrected chi connectivity index (χ3v) is 4.05. The number of hydrogen-bond acceptors (Lipinski definition) is 5. The van der Waals surface area contributed by atoms with Crippen molar-refractivity contribution in [2.24, 2.45) is 5.92 Å². The number of carbonyl (C=O) groups is 1. The predicted octanol–water partition coefficient (Wildman–Crippen LogP) is 2.27. The largest absolute Gasteiger partial charge is 0.356 e. The molecule has 1 fully saturated rings. The van der Waals surface area contributed by atoms with Gasteiger partial charge in [-0.05, 0) is 51.1 Å². The smallest absolute Gasteiger partial charge is 0.226 e. The Kier molecular flexibility index (Phi) is 9.87. The highest BCUT2D eigenvalue weighted by atomic mass is 35.5. The molecule has 0 saturated carbocycles. The number of piperidine rings is 1. The Morgan fingerprint density at radius 1 is 1.43 bits per heavy atom. The SMILES string of the molecule is CCCc1noc(CCCC(=O)NCCC2CCCNC2)n1.Cl. The van der Waals surface area contributed by atoms with Gasteiger partial charge in [0, 0.05) is 25.8 Å². The molecule has 1 amide bonds. The maximum atomic E-state index is 11.8. The lowest BCUT2D eigenvalue weighted by atomic mass is 9.96. The summed E-state index contributed by atoms with van der Waals surface area (Å²) in [7, 11) is 0. The quantitative estimate of drug-likeness (QED) is 0.718. The molecular weight excluding hydrogens is 316 g/mol. The van der Waals surface area contributed by atoms with Crippen LogP contribution in [-0.2, 0) is 17.6 Å².